The highest BCUT2D eigenvalue weighted by atomic mass is 16.2. The van der Waals surface area contributed by atoms with Gasteiger partial charge in [0.05, 0.1) is 0 Å². The number of likely N-dealkylation sites (tertiary alicyclic amines) is 1. The molecule has 2 fully saturated rings. The van der Waals surface area contributed by atoms with Crippen LogP contribution in [-0.4, -0.2) is 65.9 Å². The maximum absolute atomic E-state index is 12.7. The van der Waals surface area contributed by atoms with Gasteiger partial charge in [-0.05, 0) is 49.4 Å². The second-order valence-electron chi connectivity index (χ2n) is 8.47. The molecule has 0 aliphatic carbocycles. The first-order valence-corrected chi connectivity index (χ1v) is 11.5. The van der Waals surface area contributed by atoms with E-state index in [4.69, 9.17) is 0 Å². The zero-order valence-electron chi connectivity index (χ0n) is 18.4. The molecular weight excluding hydrogens is 400 g/mol. The second-order valence-corrected chi connectivity index (χ2v) is 8.47. The Morgan fingerprint density at radius 2 is 1.72 bits per heavy atom. The van der Waals surface area contributed by atoms with E-state index < -0.39 is 0 Å². The Kier molecular flexibility index (Phi) is 7.39. The molecule has 1 aromatic heterocycles. The molecule has 0 bridgehead atoms. The molecule has 0 saturated carbocycles. The number of piperazine rings is 1. The summed E-state index contributed by atoms with van der Waals surface area (Å²) in [5.41, 5.74) is 0.850. The number of benzene rings is 1. The zero-order valence-corrected chi connectivity index (χ0v) is 18.4. The third-order valence-electron chi connectivity index (χ3n) is 6.27. The molecule has 2 amide bonds. The van der Waals surface area contributed by atoms with Crippen molar-refractivity contribution >= 4 is 17.6 Å². The Bertz CT molecular complexity index is 960. The van der Waals surface area contributed by atoms with Crippen LogP contribution in [0.5, 0.6) is 0 Å². The second kappa shape index (κ2) is 10.8. The van der Waals surface area contributed by atoms with Gasteiger partial charge in [-0.1, -0.05) is 30.2 Å². The van der Waals surface area contributed by atoms with Gasteiger partial charge in [-0.15, -0.1) is 0 Å². The number of piperidine rings is 1. The van der Waals surface area contributed by atoms with Crippen LogP contribution in [0.1, 0.15) is 31.2 Å². The van der Waals surface area contributed by atoms with E-state index in [0.29, 0.717) is 18.9 Å². The minimum absolute atomic E-state index is 0.115. The lowest BCUT2D eigenvalue weighted by molar-refractivity contribution is -0.132. The molecule has 6 nitrogen and oxygen atoms in total. The number of aromatic nitrogens is 1. The summed E-state index contributed by atoms with van der Waals surface area (Å²) in [5.74, 6) is 7.18. The van der Waals surface area contributed by atoms with Crippen LogP contribution in [0.3, 0.4) is 0 Å². The van der Waals surface area contributed by atoms with Gasteiger partial charge in [-0.3, -0.25) is 9.59 Å². The van der Waals surface area contributed by atoms with E-state index in [1.165, 1.54) is 0 Å². The van der Waals surface area contributed by atoms with Crippen molar-refractivity contribution in [1.29, 1.82) is 0 Å². The van der Waals surface area contributed by atoms with E-state index >= 15 is 0 Å². The Labute approximate surface area is 190 Å². The highest BCUT2D eigenvalue weighted by Gasteiger charge is 2.26. The molecule has 166 valence electrons. The molecule has 0 radical (unpaired) electrons. The van der Waals surface area contributed by atoms with Gasteiger partial charge in [0.15, 0.2) is 0 Å². The van der Waals surface area contributed by atoms with Gasteiger partial charge in [0.2, 0.25) is 5.91 Å². The van der Waals surface area contributed by atoms with Gasteiger partial charge in [0.25, 0.3) is 5.91 Å². The molecule has 1 unspecified atom stereocenters. The Balaban J connectivity index is 1.21. The number of carbonyl (C=O) groups excluding carboxylic acids is 2. The summed E-state index contributed by atoms with van der Waals surface area (Å²) in [6, 6.07) is 15.5. The number of rotatable bonds is 4. The van der Waals surface area contributed by atoms with Crippen LogP contribution in [0, 0.1) is 17.8 Å². The first-order valence-electron chi connectivity index (χ1n) is 11.5. The van der Waals surface area contributed by atoms with Crippen molar-refractivity contribution in [3.8, 4) is 11.8 Å². The van der Waals surface area contributed by atoms with E-state index in [2.05, 4.69) is 21.7 Å². The molecular formula is C26H30N4O2. The molecule has 2 aliphatic heterocycles. The van der Waals surface area contributed by atoms with E-state index in [1.54, 1.807) is 6.20 Å². The van der Waals surface area contributed by atoms with Crippen LogP contribution in [0.25, 0.3) is 0 Å². The standard InChI is InChI=1S/C26H30N4O2/c31-25(29-19-17-28(18-20-29)24-10-4-5-15-27-24)14-12-23-9-6-16-30(21-23)26(32)13-11-22-7-2-1-3-8-22/h1-5,7-8,10,15,23H,6,9,12,14,16-21H2. The van der Waals surface area contributed by atoms with E-state index in [-0.39, 0.29) is 11.8 Å². The van der Waals surface area contributed by atoms with Gasteiger partial charge in [0, 0.05) is 63.4 Å². The summed E-state index contributed by atoms with van der Waals surface area (Å²) >= 11 is 0. The van der Waals surface area contributed by atoms with E-state index in [9.17, 15) is 9.59 Å². The molecule has 2 saturated heterocycles. The summed E-state index contributed by atoms with van der Waals surface area (Å²) in [6.45, 7) is 4.55. The predicted molar refractivity (Wildman–Crippen MR) is 125 cm³/mol. The first kappa shape index (κ1) is 21.9. The summed E-state index contributed by atoms with van der Waals surface area (Å²) in [6.07, 6.45) is 5.22. The summed E-state index contributed by atoms with van der Waals surface area (Å²) in [7, 11) is 0. The topological polar surface area (TPSA) is 56.8 Å². The number of carbonyl (C=O) groups is 2. The maximum Gasteiger partial charge on any atom is 0.298 e. The van der Waals surface area contributed by atoms with Gasteiger partial charge < -0.3 is 14.7 Å². The van der Waals surface area contributed by atoms with Crippen molar-refractivity contribution in [2.45, 2.75) is 25.7 Å². The lowest BCUT2D eigenvalue weighted by Crippen LogP contribution is -2.49. The molecule has 2 aliphatic rings. The van der Waals surface area contributed by atoms with Crippen molar-refractivity contribution in [2.24, 2.45) is 5.92 Å². The van der Waals surface area contributed by atoms with Gasteiger partial charge in [0.1, 0.15) is 5.82 Å². The third kappa shape index (κ3) is 5.88. The summed E-state index contributed by atoms with van der Waals surface area (Å²) in [4.78, 5) is 35.7. The van der Waals surface area contributed by atoms with Crippen molar-refractivity contribution < 1.29 is 9.59 Å². The van der Waals surface area contributed by atoms with Crippen molar-refractivity contribution in [3.05, 3.63) is 60.3 Å². The maximum atomic E-state index is 12.7. The smallest absolute Gasteiger partial charge is 0.298 e. The van der Waals surface area contributed by atoms with Crippen molar-refractivity contribution in [2.75, 3.05) is 44.2 Å². The number of hydrogen-bond donors (Lipinski definition) is 0. The molecule has 6 heteroatoms. The van der Waals surface area contributed by atoms with Crippen LogP contribution < -0.4 is 4.90 Å². The van der Waals surface area contributed by atoms with Crippen LogP contribution >= 0.6 is 0 Å². The molecule has 1 aromatic carbocycles. The Morgan fingerprint density at radius 1 is 0.938 bits per heavy atom. The van der Waals surface area contributed by atoms with E-state index in [0.717, 1.165) is 63.4 Å². The lowest BCUT2D eigenvalue weighted by Gasteiger charge is -2.36. The van der Waals surface area contributed by atoms with Crippen molar-refractivity contribution in [3.63, 3.8) is 0 Å². The van der Waals surface area contributed by atoms with Crippen molar-refractivity contribution in [1.82, 2.24) is 14.8 Å². The normalized spacial score (nSPS) is 18.6. The fourth-order valence-corrected chi connectivity index (χ4v) is 4.42. The Morgan fingerprint density at radius 3 is 2.47 bits per heavy atom. The fourth-order valence-electron chi connectivity index (χ4n) is 4.42. The number of pyridine rings is 1. The van der Waals surface area contributed by atoms with Crippen LogP contribution in [0.4, 0.5) is 5.82 Å². The van der Waals surface area contributed by atoms with Crippen LogP contribution in [0.2, 0.25) is 0 Å². The van der Waals surface area contributed by atoms with Gasteiger partial charge in [-0.2, -0.15) is 0 Å². The van der Waals surface area contributed by atoms with Crippen LogP contribution in [-0.2, 0) is 9.59 Å². The minimum atomic E-state index is -0.115. The van der Waals surface area contributed by atoms with Gasteiger partial charge in [-0.25, -0.2) is 4.98 Å². The van der Waals surface area contributed by atoms with Crippen LogP contribution in [0.15, 0.2) is 54.7 Å². The highest BCUT2D eigenvalue weighted by molar-refractivity contribution is 5.94. The molecule has 32 heavy (non-hydrogen) atoms. The SMILES string of the molecule is O=C(C#Cc1ccccc1)N1CCCC(CCC(=O)N2CCN(c3ccccn3)CC2)C1. The first-order chi connectivity index (χ1) is 15.7. The monoisotopic (exact) mass is 430 g/mol. The zero-order chi connectivity index (χ0) is 22.2. The largest absolute Gasteiger partial charge is 0.353 e. The predicted octanol–water partition coefficient (Wildman–Crippen LogP) is 2.80. The fraction of sp³-hybridized carbons (Fsp3) is 0.423. The van der Waals surface area contributed by atoms with E-state index in [1.807, 2.05) is 58.3 Å². The highest BCUT2D eigenvalue weighted by Crippen LogP contribution is 2.22. The quantitative estimate of drug-likeness (QED) is 0.700. The molecule has 2 aromatic rings. The minimum Gasteiger partial charge on any atom is -0.353 e. The summed E-state index contributed by atoms with van der Waals surface area (Å²) in [5, 5.41) is 0. The number of amides is 2. The number of hydrogen-bond acceptors (Lipinski definition) is 4. The molecule has 0 N–H and O–H groups in total. The molecule has 1 atom stereocenters. The third-order valence-corrected chi connectivity index (χ3v) is 6.27. The molecule has 4 rings (SSSR count). The summed E-state index contributed by atoms with van der Waals surface area (Å²) < 4.78 is 0. The number of anilines is 1. The van der Waals surface area contributed by atoms with Gasteiger partial charge >= 0.3 is 0 Å². The number of nitrogens with zero attached hydrogens (tertiary/aromatic N) is 4. The molecule has 3 heterocycles. The average Bonchev–Trinajstić information content (AvgIpc) is 2.87. The average molecular weight is 431 g/mol. The Hall–Kier alpha value is -3.33. The molecule has 0 spiro atoms. The lowest BCUT2D eigenvalue weighted by atomic mass is 9.93.